The van der Waals surface area contributed by atoms with Gasteiger partial charge in [-0.3, -0.25) is 4.79 Å². The molecule has 3 heteroatoms. The zero-order valence-corrected chi connectivity index (χ0v) is 6.27. The van der Waals surface area contributed by atoms with Crippen molar-refractivity contribution in [3.05, 3.63) is 0 Å². The molecule has 2 N–H and O–H groups in total. The van der Waals surface area contributed by atoms with E-state index >= 15 is 0 Å². The SMILES string of the molecule is CCCC(=O)O.CNC. The summed E-state index contributed by atoms with van der Waals surface area (Å²) in [4.78, 5) is 9.60. The molecule has 0 amide bonds. The predicted octanol–water partition coefficient (Wildman–Crippen LogP) is 0.707. The highest BCUT2D eigenvalue weighted by Crippen LogP contribution is 1.82. The lowest BCUT2D eigenvalue weighted by molar-refractivity contribution is -0.137. The van der Waals surface area contributed by atoms with Gasteiger partial charge in [0.15, 0.2) is 0 Å². The Morgan fingerprint density at radius 3 is 1.89 bits per heavy atom. The van der Waals surface area contributed by atoms with Crippen LogP contribution in [0.25, 0.3) is 0 Å². The van der Waals surface area contributed by atoms with E-state index < -0.39 is 5.97 Å². The van der Waals surface area contributed by atoms with E-state index in [9.17, 15) is 4.79 Å². The van der Waals surface area contributed by atoms with Crippen molar-refractivity contribution >= 4 is 5.97 Å². The van der Waals surface area contributed by atoms with Crippen molar-refractivity contribution in [2.24, 2.45) is 0 Å². The number of carboxylic acid groups (broad SMARTS) is 1. The molecule has 0 rings (SSSR count). The third-order valence-corrected chi connectivity index (χ3v) is 0.464. The summed E-state index contributed by atoms with van der Waals surface area (Å²) in [5.74, 6) is -0.711. The van der Waals surface area contributed by atoms with E-state index in [1.807, 2.05) is 21.0 Å². The summed E-state index contributed by atoms with van der Waals surface area (Å²) >= 11 is 0. The Bertz CT molecular complexity index is 64.1. The molecule has 0 aromatic carbocycles. The first-order chi connectivity index (χ1) is 4.18. The molecule has 0 aliphatic carbocycles. The lowest BCUT2D eigenvalue weighted by Gasteiger charge is -1.79. The molecule has 0 atom stereocenters. The van der Waals surface area contributed by atoms with E-state index in [1.165, 1.54) is 0 Å². The van der Waals surface area contributed by atoms with Crippen molar-refractivity contribution in [2.75, 3.05) is 14.1 Å². The third kappa shape index (κ3) is 37.1. The fourth-order valence-corrected chi connectivity index (χ4v) is 0.214. The predicted molar refractivity (Wildman–Crippen MR) is 37.5 cm³/mol. The summed E-state index contributed by atoms with van der Waals surface area (Å²) < 4.78 is 0. The Balaban J connectivity index is 0. The first-order valence-corrected chi connectivity index (χ1v) is 2.99. The number of nitrogens with one attached hydrogen (secondary N) is 1. The van der Waals surface area contributed by atoms with Gasteiger partial charge >= 0.3 is 5.97 Å². The second kappa shape index (κ2) is 10.4. The lowest BCUT2D eigenvalue weighted by Crippen LogP contribution is -1.90. The van der Waals surface area contributed by atoms with Gasteiger partial charge in [0.25, 0.3) is 0 Å². The summed E-state index contributed by atoms with van der Waals surface area (Å²) in [6, 6.07) is 0. The Labute approximate surface area is 56.1 Å². The molecule has 3 nitrogen and oxygen atoms in total. The molecule has 0 spiro atoms. The normalized spacial score (nSPS) is 7.44. The van der Waals surface area contributed by atoms with Crippen LogP contribution in [0.4, 0.5) is 0 Å². The van der Waals surface area contributed by atoms with Crippen molar-refractivity contribution < 1.29 is 9.90 Å². The van der Waals surface area contributed by atoms with Gasteiger partial charge in [0.2, 0.25) is 0 Å². The Hall–Kier alpha value is -0.570. The van der Waals surface area contributed by atoms with Crippen molar-refractivity contribution in [1.29, 1.82) is 0 Å². The summed E-state index contributed by atoms with van der Waals surface area (Å²) in [5.41, 5.74) is 0. The van der Waals surface area contributed by atoms with Crippen LogP contribution < -0.4 is 5.32 Å². The van der Waals surface area contributed by atoms with Crippen LogP contribution in [0.5, 0.6) is 0 Å². The van der Waals surface area contributed by atoms with Gasteiger partial charge in [-0.2, -0.15) is 0 Å². The van der Waals surface area contributed by atoms with Crippen LogP contribution in [0.2, 0.25) is 0 Å². The van der Waals surface area contributed by atoms with E-state index in [-0.39, 0.29) is 0 Å². The number of carboxylic acids is 1. The number of rotatable bonds is 2. The summed E-state index contributed by atoms with van der Waals surface area (Å²) in [5, 5.41) is 10.7. The Kier molecular flexibility index (Phi) is 13.0. The highest BCUT2D eigenvalue weighted by Gasteiger charge is 1.87. The average molecular weight is 133 g/mol. The average Bonchev–Trinajstić information content (AvgIpc) is 1.67. The van der Waals surface area contributed by atoms with Crippen molar-refractivity contribution in [3.8, 4) is 0 Å². The molecule has 9 heavy (non-hydrogen) atoms. The maximum Gasteiger partial charge on any atom is 0.303 e. The molecule has 0 aromatic rings. The maximum absolute atomic E-state index is 9.60. The zero-order valence-electron chi connectivity index (χ0n) is 6.27. The van der Waals surface area contributed by atoms with Crippen LogP contribution in [-0.4, -0.2) is 25.2 Å². The van der Waals surface area contributed by atoms with Gasteiger partial charge in [0, 0.05) is 6.42 Å². The van der Waals surface area contributed by atoms with Gasteiger partial charge < -0.3 is 10.4 Å². The fourth-order valence-electron chi connectivity index (χ4n) is 0.214. The monoisotopic (exact) mass is 133 g/mol. The van der Waals surface area contributed by atoms with E-state index in [2.05, 4.69) is 5.32 Å². The quantitative estimate of drug-likeness (QED) is 0.583. The lowest BCUT2D eigenvalue weighted by atomic mass is 10.4. The second-order valence-electron chi connectivity index (χ2n) is 1.64. The third-order valence-electron chi connectivity index (χ3n) is 0.464. The number of hydrogen-bond acceptors (Lipinski definition) is 2. The highest BCUT2D eigenvalue weighted by molar-refractivity contribution is 5.66. The summed E-state index contributed by atoms with van der Waals surface area (Å²) in [7, 11) is 3.75. The molecule has 56 valence electrons. The molecule has 0 saturated carbocycles. The van der Waals surface area contributed by atoms with Gasteiger partial charge in [-0.25, -0.2) is 0 Å². The molecule has 0 fully saturated rings. The van der Waals surface area contributed by atoms with Crippen LogP contribution in [-0.2, 0) is 4.79 Å². The molecule has 0 bridgehead atoms. The first-order valence-electron chi connectivity index (χ1n) is 2.99. The smallest absolute Gasteiger partial charge is 0.303 e. The minimum atomic E-state index is -0.711. The molecule has 0 aliphatic rings. The number of carbonyl (C=O) groups is 1. The second-order valence-corrected chi connectivity index (χ2v) is 1.64. The van der Waals surface area contributed by atoms with Gasteiger partial charge in [-0.1, -0.05) is 6.92 Å². The van der Waals surface area contributed by atoms with Gasteiger partial charge in [-0.05, 0) is 20.5 Å². The first kappa shape index (κ1) is 11.3. The topological polar surface area (TPSA) is 49.3 Å². The molecule has 0 radical (unpaired) electrons. The van der Waals surface area contributed by atoms with Crippen LogP contribution in [0.1, 0.15) is 19.8 Å². The van der Waals surface area contributed by atoms with Gasteiger partial charge in [0.1, 0.15) is 0 Å². The maximum atomic E-state index is 9.60. The molecule has 0 aliphatic heterocycles. The summed E-state index contributed by atoms with van der Waals surface area (Å²) in [6.45, 7) is 1.84. The number of aliphatic carboxylic acids is 1. The summed E-state index contributed by atoms with van der Waals surface area (Å²) in [6.07, 6.45) is 1.02. The van der Waals surface area contributed by atoms with Gasteiger partial charge in [0.05, 0.1) is 0 Å². The van der Waals surface area contributed by atoms with Crippen molar-refractivity contribution in [3.63, 3.8) is 0 Å². The molecule has 0 aromatic heterocycles. The molecular formula is C6H15NO2. The molecular weight excluding hydrogens is 118 g/mol. The van der Waals surface area contributed by atoms with Crippen LogP contribution in [0, 0.1) is 0 Å². The zero-order chi connectivity index (χ0) is 7.70. The van der Waals surface area contributed by atoms with Crippen molar-refractivity contribution in [2.45, 2.75) is 19.8 Å². The molecule has 0 unspecified atom stereocenters. The van der Waals surface area contributed by atoms with Gasteiger partial charge in [-0.15, -0.1) is 0 Å². The number of hydrogen-bond donors (Lipinski definition) is 2. The highest BCUT2D eigenvalue weighted by atomic mass is 16.4. The van der Waals surface area contributed by atoms with E-state index in [0.29, 0.717) is 6.42 Å². The standard InChI is InChI=1S/C4H8O2.C2H7N/c1-2-3-4(5)6;1-3-2/h2-3H2,1H3,(H,5,6);3H,1-2H3. The minimum Gasteiger partial charge on any atom is -0.481 e. The Morgan fingerprint density at radius 2 is 1.89 bits per heavy atom. The van der Waals surface area contributed by atoms with Crippen molar-refractivity contribution in [1.82, 2.24) is 5.32 Å². The van der Waals surface area contributed by atoms with Crippen LogP contribution in [0.15, 0.2) is 0 Å². The van der Waals surface area contributed by atoms with E-state index in [4.69, 9.17) is 5.11 Å². The fraction of sp³-hybridized carbons (Fsp3) is 0.833. The Morgan fingerprint density at radius 1 is 1.56 bits per heavy atom. The minimum absolute atomic E-state index is 0.292. The molecule has 0 saturated heterocycles. The van der Waals surface area contributed by atoms with Crippen LogP contribution in [0.3, 0.4) is 0 Å². The van der Waals surface area contributed by atoms with E-state index in [0.717, 1.165) is 6.42 Å². The van der Waals surface area contributed by atoms with E-state index in [1.54, 1.807) is 0 Å². The van der Waals surface area contributed by atoms with Crippen LogP contribution >= 0.6 is 0 Å². The molecule has 0 heterocycles. The largest absolute Gasteiger partial charge is 0.481 e.